The van der Waals surface area contributed by atoms with Crippen molar-refractivity contribution in [3.05, 3.63) is 63.4 Å². The molecule has 0 spiro atoms. The smallest absolute Gasteiger partial charge is 0.368 e. The van der Waals surface area contributed by atoms with Crippen molar-refractivity contribution in [3.63, 3.8) is 0 Å². The average molecular weight is 402 g/mol. The number of hydrogen-bond donors (Lipinski definition) is 3. The molecule has 3 unspecified atom stereocenters. The first kappa shape index (κ1) is 19.5. The van der Waals surface area contributed by atoms with Gasteiger partial charge in [0.1, 0.15) is 24.6 Å². The Balaban J connectivity index is 1.69. The van der Waals surface area contributed by atoms with Gasteiger partial charge >= 0.3 is 13.9 Å². The van der Waals surface area contributed by atoms with Crippen molar-refractivity contribution >= 4 is 8.25 Å². The van der Waals surface area contributed by atoms with Crippen molar-refractivity contribution < 1.29 is 33.0 Å². The van der Waals surface area contributed by atoms with Gasteiger partial charge in [0, 0.05) is 12.3 Å². The molecule has 10 nitrogen and oxygen atoms in total. The van der Waals surface area contributed by atoms with Crippen LogP contribution in [-0.2, 0) is 13.8 Å². The van der Waals surface area contributed by atoms with Gasteiger partial charge in [0.2, 0.25) is 0 Å². The highest BCUT2D eigenvalue weighted by atomic mass is 31.1. The number of nitrogens with one attached hydrogen (secondary N) is 1. The van der Waals surface area contributed by atoms with Gasteiger partial charge in [-0.1, -0.05) is 18.2 Å². The maximum absolute atomic E-state index is 14.9. The van der Waals surface area contributed by atoms with Crippen molar-refractivity contribution in [2.24, 2.45) is 0 Å². The molecule has 3 rings (SSSR count). The number of alkyl halides is 1. The van der Waals surface area contributed by atoms with Gasteiger partial charge in [-0.15, -0.1) is 0 Å². The van der Waals surface area contributed by atoms with E-state index in [1.165, 1.54) is 12.1 Å². The van der Waals surface area contributed by atoms with E-state index in [1.54, 1.807) is 18.2 Å². The van der Waals surface area contributed by atoms with Gasteiger partial charge < -0.3 is 19.5 Å². The van der Waals surface area contributed by atoms with E-state index in [9.17, 15) is 28.8 Å². The Kier molecular flexibility index (Phi) is 5.59. The summed E-state index contributed by atoms with van der Waals surface area (Å²) in [5, 5.41) is 20.0. The van der Waals surface area contributed by atoms with Crippen LogP contribution in [0.4, 0.5) is 4.39 Å². The Morgan fingerprint density at radius 3 is 2.63 bits per heavy atom. The fourth-order valence-corrected chi connectivity index (χ4v) is 3.19. The van der Waals surface area contributed by atoms with Crippen molar-refractivity contribution in [1.29, 1.82) is 0 Å². The molecule has 3 N–H and O–H groups in total. The number of ether oxygens (including phenoxy) is 1. The van der Waals surface area contributed by atoms with Crippen LogP contribution in [-0.4, -0.2) is 44.4 Å². The Morgan fingerprint density at radius 1 is 1.26 bits per heavy atom. The molecule has 0 amide bonds. The van der Waals surface area contributed by atoms with Gasteiger partial charge in [-0.2, -0.15) is 0 Å². The van der Waals surface area contributed by atoms with Gasteiger partial charge in [0.05, 0.1) is 0 Å². The number of rotatable bonds is 6. The highest BCUT2D eigenvalue weighted by molar-refractivity contribution is 7.33. The third kappa shape index (κ3) is 4.18. The van der Waals surface area contributed by atoms with Crippen molar-refractivity contribution in [1.82, 2.24) is 9.55 Å². The summed E-state index contributed by atoms with van der Waals surface area (Å²) >= 11 is 0. The second-order valence-electron chi connectivity index (χ2n) is 5.70. The molecule has 5 atom stereocenters. The number of para-hydroxylation sites is 1. The van der Waals surface area contributed by atoms with Crippen LogP contribution in [0.1, 0.15) is 6.23 Å². The second-order valence-corrected chi connectivity index (χ2v) is 6.69. The lowest BCUT2D eigenvalue weighted by molar-refractivity contribution is -0.203. The van der Waals surface area contributed by atoms with Gasteiger partial charge in [-0.3, -0.25) is 18.9 Å². The molecule has 1 aliphatic rings. The zero-order chi connectivity index (χ0) is 19.6. The summed E-state index contributed by atoms with van der Waals surface area (Å²) in [6, 6.07) is 8.97. The maximum atomic E-state index is 14.9. The summed E-state index contributed by atoms with van der Waals surface area (Å²) in [7, 11) is -3.18. The zero-order valence-corrected chi connectivity index (χ0v) is 14.6. The minimum Gasteiger partial charge on any atom is -0.426 e. The van der Waals surface area contributed by atoms with E-state index in [2.05, 4.69) is 0 Å². The Bertz CT molecular complexity index is 935. The van der Waals surface area contributed by atoms with E-state index in [0.717, 1.165) is 12.3 Å². The largest absolute Gasteiger partial charge is 0.426 e. The van der Waals surface area contributed by atoms with Crippen molar-refractivity contribution in [3.8, 4) is 5.75 Å². The summed E-state index contributed by atoms with van der Waals surface area (Å²) in [4.78, 5) is 24.8. The van der Waals surface area contributed by atoms with E-state index < -0.39 is 50.4 Å². The number of aliphatic hydroxyl groups excluding tert-OH is 2. The molecule has 1 aromatic carbocycles. The molecule has 1 aromatic heterocycles. The number of halogens is 1. The summed E-state index contributed by atoms with van der Waals surface area (Å²) < 4.78 is 42.1. The van der Waals surface area contributed by atoms with Gasteiger partial charge in [0.25, 0.3) is 11.4 Å². The molecule has 146 valence electrons. The minimum atomic E-state index is -3.18. The third-order valence-electron chi connectivity index (χ3n) is 3.83. The highest BCUT2D eigenvalue weighted by Gasteiger charge is 2.56. The van der Waals surface area contributed by atoms with E-state index in [1.807, 2.05) is 4.98 Å². The van der Waals surface area contributed by atoms with Crippen LogP contribution in [0, 0.1) is 0 Å². The van der Waals surface area contributed by atoms with Crippen molar-refractivity contribution in [2.45, 2.75) is 24.3 Å². The summed E-state index contributed by atoms with van der Waals surface area (Å²) in [6.45, 7) is -1.02. The van der Waals surface area contributed by atoms with E-state index in [0.29, 0.717) is 4.57 Å². The predicted molar refractivity (Wildman–Crippen MR) is 89.3 cm³/mol. The third-order valence-corrected chi connectivity index (χ3v) is 4.61. The molecule has 27 heavy (non-hydrogen) atoms. The normalized spacial score (nSPS) is 28.8. The Morgan fingerprint density at radius 2 is 1.96 bits per heavy atom. The molecule has 0 bridgehead atoms. The number of hydrogen-bond acceptors (Lipinski definition) is 8. The SMILES string of the molecule is O=c1ccn([C@@H]2O[C@](F)(CO[PH](=O)Oc3ccccc3)C(O)C2O)c(=O)[nH]1. The monoisotopic (exact) mass is 402 g/mol. The van der Waals surface area contributed by atoms with Crippen LogP contribution in [0.15, 0.2) is 52.2 Å². The molecule has 12 heteroatoms. The first-order chi connectivity index (χ1) is 12.8. The number of aromatic nitrogens is 2. The molecular weight excluding hydrogens is 386 g/mol. The summed E-state index contributed by atoms with van der Waals surface area (Å²) in [5.41, 5.74) is -1.67. The van der Waals surface area contributed by atoms with Gasteiger partial charge in [0.15, 0.2) is 6.23 Å². The van der Waals surface area contributed by atoms with Crippen LogP contribution >= 0.6 is 8.25 Å². The highest BCUT2D eigenvalue weighted by Crippen LogP contribution is 2.40. The average Bonchev–Trinajstić information content (AvgIpc) is 2.86. The Labute approximate surface area is 151 Å². The minimum absolute atomic E-state index is 0.236. The van der Waals surface area contributed by atoms with Crippen LogP contribution in [0.2, 0.25) is 0 Å². The lowest BCUT2D eigenvalue weighted by Crippen LogP contribution is -2.42. The van der Waals surface area contributed by atoms with E-state index >= 15 is 0 Å². The number of H-pyrrole nitrogens is 1. The van der Waals surface area contributed by atoms with Crippen molar-refractivity contribution in [2.75, 3.05) is 6.61 Å². The van der Waals surface area contributed by atoms with Gasteiger partial charge in [-0.25, -0.2) is 13.8 Å². The first-order valence-corrected chi connectivity index (χ1v) is 8.96. The fourth-order valence-electron chi connectivity index (χ4n) is 2.49. The number of aromatic amines is 1. The molecule has 0 saturated carbocycles. The standard InChI is InChI=1S/C15H16FN2O8P/c16-15(8-24-27(23)26-9-4-2-1-3-5-9)12(21)11(20)13(25-15)18-7-6-10(19)17-14(18)22/h1-7,11-13,20-21,27H,8H2,(H,17,19,22)/t11?,12?,13-,15-/m1/s1. The summed E-state index contributed by atoms with van der Waals surface area (Å²) in [5.74, 6) is -2.72. The fraction of sp³-hybridized carbons (Fsp3) is 0.333. The summed E-state index contributed by atoms with van der Waals surface area (Å²) in [6.07, 6.45) is -4.60. The number of nitrogens with zero attached hydrogens (tertiary/aromatic N) is 1. The molecule has 2 aromatic rings. The zero-order valence-electron chi connectivity index (χ0n) is 13.6. The quantitative estimate of drug-likeness (QED) is 0.571. The lowest BCUT2D eigenvalue weighted by atomic mass is 10.1. The van der Waals surface area contributed by atoms with Crippen LogP contribution < -0.4 is 15.8 Å². The second kappa shape index (κ2) is 7.75. The number of benzene rings is 1. The molecule has 1 fully saturated rings. The van der Waals surface area contributed by atoms with Crippen LogP contribution in [0.3, 0.4) is 0 Å². The molecule has 0 radical (unpaired) electrons. The first-order valence-electron chi connectivity index (χ1n) is 7.74. The molecule has 1 aliphatic heterocycles. The molecule has 1 saturated heterocycles. The predicted octanol–water partition coefficient (Wildman–Crippen LogP) is -0.0617. The molecule has 2 heterocycles. The van der Waals surface area contributed by atoms with Crippen LogP contribution in [0.5, 0.6) is 5.75 Å². The van der Waals surface area contributed by atoms with E-state index in [4.69, 9.17) is 13.8 Å². The topological polar surface area (TPSA) is 140 Å². The van der Waals surface area contributed by atoms with Crippen LogP contribution in [0.25, 0.3) is 0 Å². The molecular formula is C15H16FN2O8P. The van der Waals surface area contributed by atoms with E-state index in [-0.39, 0.29) is 5.75 Å². The Hall–Kier alpha value is -2.30. The maximum Gasteiger partial charge on any atom is 0.368 e. The number of aliphatic hydroxyl groups is 2. The lowest BCUT2D eigenvalue weighted by Gasteiger charge is -2.22. The van der Waals surface area contributed by atoms with Gasteiger partial charge in [-0.05, 0) is 12.1 Å². The molecule has 0 aliphatic carbocycles.